The lowest BCUT2D eigenvalue weighted by molar-refractivity contribution is -0.119. The van der Waals surface area contributed by atoms with Crippen molar-refractivity contribution in [2.75, 3.05) is 27.9 Å². The lowest BCUT2D eigenvalue weighted by Gasteiger charge is -2.16. The average Bonchev–Trinajstić information content (AvgIpc) is 3.11. The van der Waals surface area contributed by atoms with E-state index in [1.807, 2.05) is 38.1 Å². The Balaban J connectivity index is 0.000000615. The van der Waals surface area contributed by atoms with E-state index in [1.54, 1.807) is 21.3 Å². The molecule has 2 aromatic rings. The van der Waals surface area contributed by atoms with Crippen LogP contribution in [0.15, 0.2) is 48.5 Å². The molecule has 0 spiro atoms. The Bertz CT molecular complexity index is 670. The van der Waals surface area contributed by atoms with Crippen molar-refractivity contribution >= 4 is 5.91 Å². The second kappa shape index (κ2) is 12.2. The average molecular weight is 357 g/mol. The van der Waals surface area contributed by atoms with Gasteiger partial charge in [0.05, 0.1) is 6.61 Å². The van der Waals surface area contributed by atoms with E-state index < -0.39 is 0 Å². The third-order valence-electron chi connectivity index (χ3n) is 3.99. The number of hydrogen-bond donors (Lipinski definition) is 1. The van der Waals surface area contributed by atoms with Gasteiger partial charge >= 0.3 is 0 Å². The number of amides is 1. The van der Waals surface area contributed by atoms with Crippen LogP contribution in [0.2, 0.25) is 0 Å². The largest absolute Gasteiger partial charge is 0.388 e. The molecule has 1 fully saturated rings. The number of benzene rings is 2. The fraction of sp³-hybridized carbons (Fsp3) is 0.409. The van der Waals surface area contributed by atoms with E-state index in [1.165, 1.54) is 22.3 Å². The summed E-state index contributed by atoms with van der Waals surface area (Å²) in [6.07, 6.45) is 0.573. The molecule has 0 saturated carbocycles. The van der Waals surface area contributed by atoms with Crippen molar-refractivity contribution in [2.24, 2.45) is 0 Å². The second-order valence-electron chi connectivity index (χ2n) is 5.79. The van der Waals surface area contributed by atoms with E-state index in [4.69, 9.17) is 4.74 Å². The number of methoxy groups -OCH3 is 2. The molecule has 26 heavy (non-hydrogen) atoms. The molecule has 4 heteroatoms. The van der Waals surface area contributed by atoms with Gasteiger partial charge in [0.25, 0.3) is 0 Å². The van der Waals surface area contributed by atoms with Crippen molar-refractivity contribution in [1.29, 1.82) is 0 Å². The Morgan fingerprint density at radius 2 is 1.54 bits per heavy atom. The summed E-state index contributed by atoms with van der Waals surface area (Å²) in [5, 5.41) is 2.92. The van der Waals surface area contributed by atoms with Gasteiger partial charge in [0.15, 0.2) is 0 Å². The first-order chi connectivity index (χ1) is 12.7. The summed E-state index contributed by atoms with van der Waals surface area (Å²) in [5.74, 6) is 0.393. The maximum atomic E-state index is 11.5. The molecule has 1 amide bonds. The summed E-state index contributed by atoms with van der Waals surface area (Å²) in [6.45, 7) is 5.31. The van der Waals surface area contributed by atoms with Crippen LogP contribution < -0.4 is 5.32 Å². The minimum atomic E-state index is 0.139. The molecule has 1 aliphatic heterocycles. The third kappa shape index (κ3) is 5.97. The van der Waals surface area contributed by atoms with E-state index in [0.29, 0.717) is 13.0 Å². The molecule has 2 aromatic carbocycles. The molecule has 4 nitrogen and oxygen atoms in total. The Hall–Kier alpha value is -2.17. The van der Waals surface area contributed by atoms with E-state index in [9.17, 15) is 4.79 Å². The summed E-state index contributed by atoms with van der Waals surface area (Å²) >= 11 is 0. The summed E-state index contributed by atoms with van der Waals surface area (Å²) in [6, 6.07) is 16.6. The van der Waals surface area contributed by atoms with E-state index in [2.05, 4.69) is 34.3 Å². The molecule has 1 atom stereocenters. The molecule has 1 aliphatic rings. The SMILES string of the molecule is CC.COC.COCc1ccccc1-c1ccccc1C1CNC(=O)C1. The van der Waals surface area contributed by atoms with Gasteiger partial charge in [-0.1, -0.05) is 62.4 Å². The Morgan fingerprint density at radius 1 is 0.962 bits per heavy atom. The van der Waals surface area contributed by atoms with Crippen LogP contribution in [0.5, 0.6) is 0 Å². The fourth-order valence-corrected chi connectivity index (χ4v) is 2.99. The molecule has 1 saturated heterocycles. The van der Waals surface area contributed by atoms with Gasteiger partial charge in [-0.15, -0.1) is 0 Å². The molecule has 1 unspecified atom stereocenters. The first kappa shape index (κ1) is 21.9. The predicted molar refractivity (Wildman–Crippen MR) is 107 cm³/mol. The summed E-state index contributed by atoms with van der Waals surface area (Å²) in [7, 11) is 4.96. The zero-order valence-electron chi connectivity index (χ0n) is 16.5. The van der Waals surface area contributed by atoms with E-state index in [-0.39, 0.29) is 11.8 Å². The van der Waals surface area contributed by atoms with Crippen LogP contribution in [0.1, 0.15) is 37.3 Å². The number of hydrogen-bond acceptors (Lipinski definition) is 3. The van der Waals surface area contributed by atoms with E-state index in [0.717, 1.165) is 6.54 Å². The Kier molecular flexibility index (Phi) is 10.3. The molecule has 1 heterocycles. The lowest BCUT2D eigenvalue weighted by Crippen LogP contribution is -2.13. The normalized spacial score (nSPS) is 15.3. The first-order valence-corrected chi connectivity index (χ1v) is 9.04. The van der Waals surface area contributed by atoms with Gasteiger partial charge < -0.3 is 14.8 Å². The van der Waals surface area contributed by atoms with Crippen molar-refractivity contribution < 1.29 is 14.3 Å². The number of rotatable bonds is 4. The zero-order valence-corrected chi connectivity index (χ0v) is 16.5. The van der Waals surface area contributed by atoms with Crippen LogP contribution in [0.4, 0.5) is 0 Å². The maximum absolute atomic E-state index is 11.5. The van der Waals surface area contributed by atoms with Crippen molar-refractivity contribution in [3.63, 3.8) is 0 Å². The number of ether oxygens (including phenoxy) is 2. The molecule has 0 radical (unpaired) electrons. The highest BCUT2D eigenvalue weighted by molar-refractivity contribution is 5.81. The van der Waals surface area contributed by atoms with Crippen LogP contribution in [-0.2, 0) is 20.9 Å². The van der Waals surface area contributed by atoms with Crippen LogP contribution in [-0.4, -0.2) is 33.8 Å². The van der Waals surface area contributed by atoms with E-state index >= 15 is 0 Å². The summed E-state index contributed by atoms with van der Waals surface area (Å²) in [4.78, 5) is 11.5. The number of carbonyl (C=O) groups is 1. The predicted octanol–water partition coefficient (Wildman–Crippen LogP) is 4.39. The van der Waals surface area contributed by atoms with Gasteiger partial charge in [-0.05, 0) is 22.3 Å². The molecule has 0 aliphatic carbocycles. The van der Waals surface area contributed by atoms with Gasteiger partial charge in [0, 0.05) is 40.2 Å². The number of nitrogens with one attached hydrogen (secondary N) is 1. The molecule has 3 rings (SSSR count). The maximum Gasteiger partial charge on any atom is 0.220 e. The smallest absolute Gasteiger partial charge is 0.220 e. The topological polar surface area (TPSA) is 47.6 Å². The van der Waals surface area contributed by atoms with Crippen LogP contribution in [0.3, 0.4) is 0 Å². The first-order valence-electron chi connectivity index (χ1n) is 9.04. The van der Waals surface area contributed by atoms with Crippen LogP contribution in [0, 0.1) is 0 Å². The Labute approximate surface area is 157 Å². The van der Waals surface area contributed by atoms with Crippen molar-refractivity contribution in [1.82, 2.24) is 5.32 Å². The monoisotopic (exact) mass is 357 g/mol. The highest BCUT2D eigenvalue weighted by Crippen LogP contribution is 2.34. The molecule has 1 N–H and O–H groups in total. The highest BCUT2D eigenvalue weighted by atomic mass is 16.5. The van der Waals surface area contributed by atoms with Gasteiger partial charge in [-0.2, -0.15) is 0 Å². The minimum absolute atomic E-state index is 0.139. The van der Waals surface area contributed by atoms with Crippen molar-refractivity contribution in [2.45, 2.75) is 32.8 Å². The van der Waals surface area contributed by atoms with Crippen LogP contribution in [0.25, 0.3) is 11.1 Å². The molecular weight excluding hydrogens is 326 g/mol. The second-order valence-corrected chi connectivity index (χ2v) is 5.79. The molecule has 142 valence electrons. The van der Waals surface area contributed by atoms with Crippen molar-refractivity contribution in [3.05, 3.63) is 59.7 Å². The zero-order chi connectivity index (χ0) is 19.4. The molecule has 0 aromatic heterocycles. The number of carbonyl (C=O) groups excluding carboxylic acids is 1. The fourth-order valence-electron chi connectivity index (χ4n) is 2.99. The third-order valence-corrected chi connectivity index (χ3v) is 3.99. The molecular formula is C22H31NO3. The Morgan fingerprint density at radius 3 is 2.12 bits per heavy atom. The van der Waals surface area contributed by atoms with Crippen molar-refractivity contribution in [3.8, 4) is 11.1 Å². The van der Waals surface area contributed by atoms with Gasteiger partial charge in [0.1, 0.15) is 0 Å². The summed E-state index contributed by atoms with van der Waals surface area (Å²) in [5.41, 5.74) is 4.80. The minimum Gasteiger partial charge on any atom is -0.388 e. The standard InChI is InChI=1S/C18H19NO2.C2H6O.C2H6/c1-21-12-13-6-2-3-7-15(13)17-9-5-4-8-16(17)14-10-18(20)19-11-14;1-3-2;1-2/h2-9,14H,10-12H2,1H3,(H,19,20);1-2H3;1-2H3. The summed E-state index contributed by atoms with van der Waals surface area (Å²) < 4.78 is 9.56. The van der Waals surface area contributed by atoms with Crippen LogP contribution >= 0.6 is 0 Å². The highest BCUT2D eigenvalue weighted by Gasteiger charge is 2.25. The van der Waals surface area contributed by atoms with Gasteiger partial charge in [-0.3, -0.25) is 4.79 Å². The quantitative estimate of drug-likeness (QED) is 0.883. The molecule has 0 bridgehead atoms. The van der Waals surface area contributed by atoms with Gasteiger partial charge in [-0.25, -0.2) is 0 Å². The van der Waals surface area contributed by atoms with Gasteiger partial charge in [0.2, 0.25) is 5.91 Å². The lowest BCUT2D eigenvalue weighted by atomic mass is 9.88.